The van der Waals surface area contributed by atoms with Gasteiger partial charge >= 0.3 is 0 Å². The summed E-state index contributed by atoms with van der Waals surface area (Å²) in [4.78, 5) is 2.58. The van der Waals surface area contributed by atoms with Crippen molar-refractivity contribution in [1.82, 2.24) is 25.0 Å². The summed E-state index contributed by atoms with van der Waals surface area (Å²) in [6.45, 7) is 7.77. The number of aryl methyl sites for hydroxylation is 1. The molecule has 128 valence electrons. The Morgan fingerprint density at radius 1 is 1.25 bits per heavy atom. The average molecular weight is 325 g/mol. The van der Waals surface area contributed by atoms with Crippen LogP contribution in [0.3, 0.4) is 0 Å². The highest BCUT2D eigenvalue weighted by molar-refractivity contribution is 5.15. The fourth-order valence-electron chi connectivity index (χ4n) is 4.18. The molecule has 4 rings (SSSR count). The largest absolute Gasteiger partial charge is 0.314 e. The summed E-state index contributed by atoms with van der Waals surface area (Å²) in [7, 11) is 0. The van der Waals surface area contributed by atoms with Crippen LogP contribution in [0.25, 0.3) is 0 Å². The number of aromatic nitrogens is 3. The maximum atomic E-state index is 4.42. The first kappa shape index (κ1) is 15.8. The summed E-state index contributed by atoms with van der Waals surface area (Å²) in [6, 6.07) is 12.2. The lowest BCUT2D eigenvalue weighted by Gasteiger charge is -2.21. The van der Waals surface area contributed by atoms with E-state index in [1.165, 1.54) is 18.4 Å². The van der Waals surface area contributed by atoms with Crippen LogP contribution < -0.4 is 5.32 Å². The molecule has 0 amide bonds. The summed E-state index contributed by atoms with van der Waals surface area (Å²) < 4.78 is 2.30. The highest BCUT2D eigenvalue weighted by Gasteiger charge is 2.31. The van der Waals surface area contributed by atoms with E-state index >= 15 is 0 Å². The van der Waals surface area contributed by atoms with Crippen LogP contribution in [0.5, 0.6) is 0 Å². The van der Waals surface area contributed by atoms with Crippen LogP contribution in [-0.4, -0.2) is 38.3 Å². The van der Waals surface area contributed by atoms with Crippen molar-refractivity contribution in [3.05, 3.63) is 47.5 Å². The average Bonchev–Trinajstić information content (AvgIpc) is 3.25. The minimum atomic E-state index is 0.262. The monoisotopic (exact) mass is 325 g/mol. The van der Waals surface area contributed by atoms with Crippen molar-refractivity contribution in [3.63, 3.8) is 0 Å². The summed E-state index contributed by atoms with van der Waals surface area (Å²) in [5, 5.41) is 12.6. The molecule has 0 saturated carbocycles. The molecule has 24 heavy (non-hydrogen) atoms. The van der Waals surface area contributed by atoms with Gasteiger partial charge in [-0.15, -0.1) is 10.2 Å². The van der Waals surface area contributed by atoms with Crippen LogP contribution in [0.4, 0.5) is 0 Å². The molecular formula is C19H27N5. The Kier molecular flexibility index (Phi) is 4.37. The summed E-state index contributed by atoms with van der Waals surface area (Å²) in [6.07, 6.45) is 3.47. The predicted octanol–water partition coefficient (Wildman–Crippen LogP) is 2.54. The molecule has 2 aromatic rings. The Labute approximate surface area is 144 Å². The lowest BCUT2D eigenvalue weighted by atomic mass is 10.1. The summed E-state index contributed by atoms with van der Waals surface area (Å²) >= 11 is 0. The Balaban J connectivity index is 1.37. The first-order chi connectivity index (χ1) is 11.7. The molecular weight excluding hydrogens is 298 g/mol. The highest BCUT2D eigenvalue weighted by atomic mass is 15.3. The number of nitrogens with one attached hydrogen (secondary N) is 1. The van der Waals surface area contributed by atoms with Crippen molar-refractivity contribution >= 4 is 0 Å². The predicted molar refractivity (Wildman–Crippen MR) is 94.6 cm³/mol. The van der Waals surface area contributed by atoms with E-state index in [1.807, 2.05) is 0 Å². The van der Waals surface area contributed by atoms with E-state index in [9.17, 15) is 0 Å². The Bertz CT molecular complexity index is 680. The number of benzene rings is 1. The smallest absolute Gasteiger partial charge is 0.149 e. The lowest BCUT2D eigenvalue weighted by molar-refractivity contribution is 0.255. The van der Waals surface area contributed by atoms with Crippen LogP contribution in [0.15, 0.2) is 30.3 Å². The molecule has 1 aromatic carbocycles. The van der Waals surface area contributed by atoms with Gasteiger partial charge in [0.25, 0.3) is 0 Å². The number of hydrogen-bond acceptors (Lipinski definition) is 4. The number of nitrogens with zero attached hydrogens (tertiary/aromatic N) is 4. The lowest BCUT2D eigenvalue weighted by Crippen LogP contribution is -2.35. The summed E-state index contributed by atoms with van der Waals surface area (Å²) in [5.74, 6) is 2.26. The van der Waals surface area contributed by atoms with Gasteiger partial charge in [-0.05, 0) is 32.3 Å². The third kappa shape index (κ3) is 3.10. The van der Waals surface area contributed by atoms with E-state index in [0.29, 0.717) is 12.1 Å². The molecule has 1 aromatic heterocycles. The second kappa shape index (κ2) is 6.65. The first-order valence-corrected chi connectivity index (χ1v) is 9.16. The van der Waals surface area contributed by atoms with E-state index in [1.54, 1.807) is 0 Å². The van der Waals surface area contributed by atoms with Gasteiger partial charge in [-0.1, -0.05) is 30.3 Å². The Morgan fingerprint density at radius 2 is 2.08 bits per heavy atom. The van der Waals surface area contributed by atoms with Crippen molar-refractivity contribution in [2.45, 2.75) is 64.3 Å². The van der Waals surface area contributed by atoms with Gasteiger partial charge in [0.1, 0.15) is 11.6 Å². The van der Waals surface area contributed by atoms with Gasteiger partial charge in [0.2, 0.25) is 0 Å². The fourth-order valence-corrected chi connectivity index (χ4v) is 4.18. The Hall–Kier alpha value is -1.72. The van der Waals surface area contributed by atoms with Crippen LogP contribution in [0, 0.1) is 0 Å². The fraction of sp³-hybridized carbons (Fsp3) is 0.579. The molecule has 5 heteroatoms. The molecule has 5 nitrogen and oxygen atoms in total. The molecule has 3 atom stereocenters. The van der Waals surface area contributed by atoms with Crippen molar-refractivity contribution in [2.75, 3.05) is 6.54 Å². The number of hydrogen-bond donors (Lipinski definition) is 1. The van der Waals surface area contributed by atoms with Crippen LogP contribution in [0.1, 0.15) is 49.9 Å². The van der Waals surface area contributed by atoms with Crippen LogP contribution >= 0.6 is 0 Å². The SMILES string of the molecule is C[C@H](N[C@@H]1C[C@@H](C)N(Cc2ccccc2)C1)c1nnc2n1CCC2. The van der Waals surface area contributed by atoms with Crippen molar-refractivity contribution in [3.8, 4) is 0 Å². The third-order valence-electron chi connectivity index (χ3n) is 5.44. The topological polar surface area (TPSA) is 46.0 Å². The van der Waals surface area contributed by atoms with Gasteiger partial charge in [0, 0.05) is 38.1 Å². The van der Waals surface area contributed by atoms with E-state index in [-0.39, 0.29) is 6.04 Å². The summed E-state index contributed by atoms with van der Waals surface area (Å²) in [5.41, 5.74) is 1.40. The number of fused-ring (bicyclic) bond motifs is 1. The van der Waals surface area contributed by atoms with Gasteiger partial charge in [-0.25, -0.2) is 0 Å². The molecule has 3 heterocycles. The molecule has 1 N–H and O–H groups in total. The standard InChI is InChI=1S/C19H27N5/c1-14-11-17(13-23(14)12-16-7-4-3-5-8-16)20-15(2)19-22-21-18-9-6-10-24(18)19/h3-5,7-8,14-15,17,20H,6,9-13H2,1-2H3/t14-,15+,17-/m1/s1. The maximum absolute atomic E-state index is 4.42. The zero-order valence-corrected chi connectivity index (χ0v) is 14.7. The molecule has 0 radical (unpaired) electrons. The zero-order valence-electron chi connectivity index (χ0n) is 14.7. The minimum Gasteiger partial charge on any atom is -0.314 e. The van der Waals surface area contributed by atoms with Crippen LogP contribution in [0.2, 0.25) is 0 Å². The normalized spacial score (nSPS) is 25.1. The van der Waals surface area contributed by atoms with Crippen molar-refractivity contribution in [1.29, 1.82) is 0 Å². The van der Waals surface area contributed by atoms with Gasteiger partial charge in [-0.2, -0.15) is 0 Å². The maximum Gasteiger partial charge on any atom is 0.149 e. The third-order valence-corrected chi connectivity index (χ3v) is 5.44. The van der Waals surface area contributed by atoms with E-state index in [4.69, 9.17) is 0 Å². The van der Waals surface area contributed by atoms with Crippen molar-refractivity contribution < 1.29 is 0 Å². The number of likely N-dealkylation sites (tertiary alicyclic amines) is 1. The van der Waals surface area contributed by atoms with Gasteiger partial charge in [0.05, 0.1) is 6.04 Å². The Morgan fingerprint density at radius 3 is 2.92 bits per heavy atom. The minimum absolute atomic E-state index is 0.262. The molecule has 0 aliphatic carbocycles. The molecule has 2 aliphatic heterocycles. The second-order valence-electron chi connectivity index (χ2n) is 7.31. The van der Waals surface area contributed by atoms with E-state index < -0.39 is 0 Å². The molecule has 0 spiro atoms. The highest BCUT2D eigenvalue weighted by Crippen LogP contribution is 2.24. The quantitative estimate of drug-likeness (QED) is 0.918. The van der Waals surface area contributed by atoms with Crippen molar-refractivity contribution in [2.24, 2.45) is 0 Å². The van der Waals surface area contributed by atoms with Gasteiger partial charge in [0.15, 0.2) is 0 Å². The first-order valence-electron chi connectivity index (χ1n) is 9.16. The molecule has 1 fully saturated rings. The zero-order chi connectivity index (χ0) is 16.5. The van der Waals surface area contributed by atoms with Crippen LogP contribution in [-0.2, 0) is 19.5 Å². The second-order valence-corrected chi connectivity index (χ2v) is 7.31. The molecule has 0 bridgehead atoms. The van der Waals surface area contributed by atoms with Gasteiger partial charge < -0.3 is 9.88 Å². The van der Waals surface area contributed by atoms with Gasteiger partial charge in [-0.3, -0.25) is 4.90 Å². The molecule has 0 unspecified atom stereocenters. The van der Waals surface area contributed by atoms with E-state index in [0.717, 1.165) is 37.7 Å². The number of rotatable bonds is 5. The molecule has 1 saturated heterocycles. The molecule has 2 aliphatic rings. The van der Waals surface area contributed by atoms with E-state index in [2.05, 4.69) is 69.2 Å².